The third-order valence-corrected chi connectivity index (χ3v) is 3.73. The highest BCUT2D eigenvalue weighted by molar-refractivity contribution is 5.94. The van der Waals surface area contributed by atoms with Crippen LogP contribution in [0.4, 0.5) is 5.82 Å². The molecule has 1 saturated heterocycles. The molecule has 1 aromatic heterocycles. The first-order valence-corrected chi connectivity index (χ1v) is 7.71. The molecule has 0 spiro atoms. The van der Waals surface area contributed by atoms with E-state index in [1.165, 1.54) is 25.7 Å². The summed E-state index contributed by atoms with van der Waals surface area (Å²) in [6.45, 7) is 4.54. The van der Waals surface area contributed by atoms with Crippen molar-refractivity contribution in [2.45, 2.75) is 38.6 Å². The molecule has 0 aromatic carbocycles. The monoisotopic (exact) mass is 291 g/mol. The molecule has 1 aromatic rings. The summed E-state index contributed by atoms with van der Waals surface area (Å²) in [5.74, 6) is 0.868. The number of aromatic nitrogens is 1. The van der Waals surface area contributed by atoms with Crippen LogP contribution >= 0.6 is 0 Å². The van der Waals surface area contributed by atoms with Crippen LogP contribution in [0.3, 0.4) is 0 Å². The van der Waals surface area contributed by atoms with E-state index in [0.717, 1.165) is 18.9 Å². The van der Waals surface area contributed by atoms with E-state index < -0.39 is 0 Å². The van der Waals surface area contributed by atoms with Gasteiger partial charge in [-0.1, -0.05) is 12.8 Å². The zero-order chi connectivity index (χ0) is 15.1. The maximum Gasteiger partial charge on any atom is 0.253 e. The Balaban J connectivity index is 1.96. The number of hydrogen-bond donors (Lipinski definition) is 1. The SMILES string of the molecule is COCC(C)NC(=O)c1ccc(N2CCCCCC2)nc1. The predicted octanol–water partition coefficient (Wildman–Crippen LogP) is 2.23. The molecule has 1 amide bonds. The third-order valence-electron chi connectivity index (χ3n) is 3.73. The Morgan fingerprint density at radius 3 is 2.62 bits per heavy atom. The lowest BCUT2D eigenvalue weighted by Crippen LogP contribution is -2.35. The Morgan fingerprint density at radius 1 is 1.33 bits per heavy atom. The number of ether oxygens (including phenoxy) is 1. The molecule has 5 nitrogen and oxygen atoms in total. The summed E-state index contributed by atoms with van der Waals surface area (Å²) in [5, 5.41) is 2.89. The summed E-state index contributed by atoms with van der Waals surface area (Å²) in [6, 6.07) is 3.79. The Morgan fingerprint density at radius 2 is 2.05 bits per heavy atom. The lowest BCUT2D eigenvalue weighted by molar-refractivity contribution is 0.0905. The molecule has 0 aliphatic carbocycles. The first kappa shape index (κ1) is 15.8. The van der Waals surface area contributed by atoms with Gasteiger partial charge >= 0.3 is 0 Å². The highest BCUT2D eigenvalue weighted by atomic mass is 16.5. The van der Waals surface area contributed by atoms with Gasteiger partial charge < -0.3 is 15.0 Å². The maximum atomic E-state index is 12.1. The van der Waals surface area contributed by atoms with E-state index in [4.69, 9.17) is 4.74 Å². The number of pyridine rings is 1. The van der Waals surface area contributed by atoms with Gasteiger partial charge in [-0.05, 0) is 31.9 Å². The molecule has 1 atom stereocenters. The zero-order valence-electron chi connectivity index (χ0n) is 13.0. The molecule has 0 bridgehead atoms. The van der Waals surface area contributed by atoms with E-state index in [0.29, 0.717) is 12.2 Å². The van der Waals surface area contributed by atoms with Gasteiger partial charge in [-0.15, -0.1) is 0 Å². The van der Waals surface area contributed by atoms with Crippen molar-refractivity contribution in [3.63, 3.8) is 0 Å². The molecule has 1 N–H and O–H groups in total. The van der Waals surface area contributed by atoms with Crippen LogP contribution in [0.5, 0.6) is 0 Å². The number of rotatable bonds is 5. The number of methoxy groups -OCH3 is 1. The van der Waals surface area contributed by atoms with Crippen molar-refractivity contribution in [3.05, 3.63) is 23.9 Å². The number of carbonyl (C=O) groups is 1. The van der Waals surface area contributed by atoms with Gasteiger partial charge in [0.25, 0.3) is 5.91 Å². The van der Waals surface area contributed by atoms with E-state index >= 15 is 0 Å². The second-order valence-corrected chi connectivity index (χ2v) is 5.64. The van der Waals surface area contributed by atoms with E-state index in [2.05, 4.69) is 15.2 Å². The fourth-order valence-corrected chi connectivity index (χ4v) is 2.61. The smallest absolute Gasteiger partial charge is 0.253 e. The molecule has 1 aliphatic heterocycles. The minimum atomic E-state index is -0.102. The molecule has 1 aliphatic rings. The van der Waals surface area contributed by atoms with E-state index in [9.17, 15) is 4.79 Å². The van der Waals surface area contributed by atoms with Crippen LogP contribution in [-0.4, -0.2) is 43.7 Å². The predicted molar refractivity (Wildman–Crippen MR) is 83.7 cm³/mol. The van der Waals surface area contributed by atoms with Gasteiger partial charge in [0, 0.05) is 32.4 Å². The maximum absolute atomic E-state index is 12.1. The van der Waals surface area contributed by atoms with Crippen LogP contribution in [0.25, 0.3) is 0 Å². The summed E-state index contributed by atoms with van der Waals surface area (Å²) in [7, 11) is 1.63. The molecular formula is C16H25N3O2. The van der Waals surface area contributed by atoms with Crippen LogP contribution in [-0.2, 0) is 4.74 Å². The Hall–Kier alpha value is -1.62. The van der Waals surface area contributed by atoms with Crippen molar-refractivity contribution in [1.29, 1.82) is 0 Å². The van der Waals surface area contributed by atoms with Crippen LogP contribution < -0.4 is 10.2 Å². The van der Waals surface area contributed by atoms with Crippen LogP contribution in [0.2, 0.25) is 0 Å². The van der Waals surface area contributed by atoms with Gasteiger partial charge in [0.15, 0.2) is 0 Å². The number of nitrogens with zero attached hydrogens (tertiary/aromatic N) is 2. The highest BCUT2D eigenvalue weighted by Gasteiger charge is 2.13. The van der Waals surface area contributed by atoms with Gasteiger partial charge in [-0.25, -0.2) is 4.98 Å². The molecule has 0 saturated carbocycles. The summed E-state index contributed by atoms with van der Waals surface area (Å²) < 4.78 is 5.01. The van der Waals surface area contributed by atoms with Crippen molar-refractivity contribution in [1.82, 2.24) is 10.3 Å². The Bertz CT molecular complexity index is 439. The minimum absolute atomic E-state index is 0.00668. The molecule has 21 heavy (non-hydrogen) atoms. The van der Waals surface area contributed by atoms with Crippen LogP contribution in [0.15, 0.2) is 18.3 Å². The normalized spacial score (nSPS) is 17.1. The number of hydrogen-bond acceptors (Lipinski definition) is 4. The van der Waals surface area contributed by atoms with Gasteiger partial charge in [0.2, 0.25) is 0 Å². The Kier molecular flexibility index (Phi) is 5.99. The average molecular weight is 291 g/mol. The quantitative estimate of drug-likeness (QED) is 0.904. The molecule has 0 radical (unpaired) electrons. The van der Waals surface area contributed by atoms with Crippen LogP contribution in [0.1, 0.15) is 43.0 Å². The number of nitrogens with one attached hydrogen (secondary N) is 1. The average Bonchev–Trinajstić information content (AvgIpc) is 2.76. The molecule has 2 heterocycles. The van der Waals surface area contributed by atoms with Crippen molar-refractivity contribution in [2.75, 3.05) is 31.7 Å². The first-order chi connectivity index (χ1) is 10.2. The van der Waals surface area contributed by atoms with E-state index in [1.54, 1.807) is 13.3 Å². The highest BCUT2D eigenvalue weighted by Crippen LogP contribution is 2.17. The topological polar surface area (TPSA) is 54.5 Å². The van der Waals surface area contributed by atoms with Crippen LogP contribution in [0, 0.1) is 0 Å². The van der Waals surface area contributed by atoms with Crippen molar-refractivity contribution < 1.29 is 9.53 Å². The van der Waals surface area contributed by atoms with Crippen molar-refractivity contribution >= 4 is 11.7 Å². The van der Waals surface area contributed by atoms with Gasteiger partial charge in [0.05, 0.1) is 12.2 Å². The summed E-state index contributed by atoms with van der Waals surface area (Å²) in [5.41, 5.74) is 0.594. The Labute approximate surface area is 126 Å². The molecule has 1 unspecified atom stereocenters. The number of carbonyl (C=O) groups excluding carboxylic acids is 1. The standard InChI is InChI=1S/C16H25N3O2/c1-13(12-21-2)18-16(20)14-7-8-15(17-11-14)19-9-5-3-4-6-10-19/h7-8,11,13H,3-6,9-10,12H2,1-2H3,(H,18,20). The van der Waals surface area contributed by atoms with Crippen molar-refractivity contribution in [2.24, 2.45) is 0 Å². The summed E-state index contributed by atoms with van der Waals surface area (Å²) >= 11 is 0. The van der Waals surface area contributed by atoms with Gasteiger partial charge in [0.1, 0.15) is 5.82 Å². The zero-order valence-corrected chi connectivity index (χ0v) is 13.0. The lowest BCUT2D eigenvalue weighted by Gasteiger charge is -2.21. The van der Waals surface area contributed by atoms with E-state index in [1.807, 2.05) is 19.1 Å². The van der Waals surface area contributed by atoms with Crippen molar-refractivity contribution in [3.8, 4) is 0 Å². The fraction of sp³-hybridized carbons (Fsp3) is 0.625. The second-order valence-electron chi connectivity index (χ2n) is 5.64. The van der Waals surface area contributed by atoms with E-state index in [-0.39, 0.29) is 11.9 Å². The minimum Gasteiger partial charge on any atom is -0.383 e. The molecular weight excluding hydrogens is 266 g/mol. The molecule has 2 rings (SSSR count). The molecule has 116 valence electrons. The summed E-state index contributed by atoms with van der Waals surface area (Å²) in [4.78, 5) is 18.8. The molecule has 5 heteroatoms. The first-order valence-electron chi connectivity index (χ1n) is 7.71. The van der Waals surface area contributed by atoms with Gasteiger partial charge in [-0.3, -0.25) is 4.79 Å². The van der Waals surface area contributed by atoms with Gasteiger partial charge in [-0.2, -0.15) is 0 Å². The third kappa shape index (κ3) is 4.70. The largest absolute Gasteiger partial charge is 0.383 e. The second kappa shape index (κ2) is 7.98. The number of anilines is 1. The molecule has 1 fully saturated rings. The fourth-order valence-electron chi connectivity index (χ4n) is 2.61. The lowest BCUT2D eigenvalue weighted by atomic mass is 10.2. The number of amides is 1. The summed E-state index contributed by atoms with van der Waals surface area (Å²) in [6.07, 6.45) is 6.70.